The maximum absolute atomic E-state index is 13.1. The fourth-order valence-electron chi connectivity index (χ4n) is 3.85. The number of carbonyl (C=O) groups excluding carboxylic acids is 2. The van der Waals surface area contributed by atoms with Crippen molar-refractivity contribution in [1.82, 2.24) is 19.7 Å². The molecule has 2 aliphatic rings. The lowest BCUT2D eigenvalue weighted by Crippen LogP contribution is -2.44. The van der Waals surface area contributed by atoms with E-state index in [4.69, 9.17) is 9.15 Å². The van der Waals surface area contributed by atoms with Gasteiger partial charge < -0.3 is 9.15 Å². The number of ether oxygens (including phenoxy) is 1. The Morgan fingerprint density at radius 3 is 2.79 bits per heavy atom. The quantitative estimate of drug-likeness (QED) is 0.679. The summed E-state index contributed by atoms with van der Waals surface area (Å²) in [6, 6.07) is 3.52. The monoisotopic (exact) mass is 404 g/mol. The third kappa shape index (κ3) is 3.48. The minimum absolute atomic E-state index is 0.0684. The topological polar surface area (TPSA) is 90.5 Å². The van der Waals surface area contributed by atoms with E-state index in [9.17, 15) is 9.59 Å². The second kappa shape index (κ2) is 8.08. The first kappa shape index (κ1) is 19.2. The number of hydrogen-bond acceptors (Lipinski definition) is 8. The summed E-state index contributed by atoms with van der Waals surface area (Å²) in [5, 5.41) is 4.60. The summed E-state index contributed by atoms with van der Waals surface area (Å²) in [6.07, 6.45) is 3.75. The summed E-state index contributed by atoms with van der Waals surface area (Å²) >= 11 is 1.44. The number of carbonyl (C=O) groups is 2. The minimum atomic E-state index is -0.369. The fraction of sp³-hybridized carbons (Fsp3) is 0.579. The van der Waals surface area contributed by atoms with Gasteiger partial charge in [-0.05, 0) is 45.0 Å². The molecule has 0 aliphatic carbocycles. The van der Waals surface area contributed by atoms with Gasteiger partial charge in [0.1, 0.15) is 11.0 Å². The summed E-state index contributed by atoms with van der Waals surface area (Å²) < 4.78 is 12.3. The van der Waals surface area contributed by atoms with Crippen molar-refractivity contribution in [3.05, 3.63) is 30.0 Å². The summed E-state index contributed by atoms with van der Waals surface area (Å²) in [6.45, 7) is 5.60. The summed E-state index contributed by atoms with van der Waals surface area (Å²) in [4.78, 5) is 31.8. The van der Waals surface area contributed by atoms with Crippen LogP contribution in [0.15, 0.2) is 28.0 Å². The van der Waals surface area contributed by atoms with Crippen LogP contribution in [0.4, 0.5) is 0 Å². The molecule has 0 N–H and O–H groups in total. The highest BCUT2D eigenvalue weighted by atomic mass is 32.2. The van der Waals surface area contributed by atoms with Crippen LogP contribution in [-0.2, 0) is 16.0 Å². The average molecular weight is 404 g/mol. The zero-order valence-corrected chi connectivity index (χ0v) is 16.9. The number of furan rings is 1. The standard InChI is InChI=1S/C19H24N4O4S/c1-3-14-20-19-23(21-14)17(24)16(28-19)15(13-6-5-11-27-13)22-9-7-12(8-10-22)18(25)26-4-2/h5-6,11-12,15-16H,3-4,7-10H2,1-2H3. The van der Waals surface area contributed by atoms with Crippen LogP contribution in [-0.4, -0.2) is 56.5 Å². The van der Waals surface area contributed by atoms with Crippen molar-refractivity contribution >= 4 is 23.6 Å². The molecule has 9 heteroatoms. The van der Waals surface area contributed by atoms with Crippen LogP contribution in [0.5, 0.6) is 0 Å². The lowest BCUT2D eigenvalue weighted by molar-refractivity contribution is -0.149. The Hall–Kier alpha value is -2.13. The highest BCUT2D eigenvalue weighted by Crippen LogP contribution is 2.42. The molecule has 4 rings (SSSR count). The molecule has 0 saturated carbocycles. The second-order valence-corrected chi connectivity index (χ2v) is 8.08. The van der Waals surface area contributed by atoms with E-state index in [0.29, 0.717) is 49.9 Å². The first-order valence-corrected chi connectivity index (χ1v) is 10.6. The number of fused-ring (bicyclic) bond motifs is 1. The van der Waals surface area contributed by atoms with Gasteiger partial charge in [0.2, 0.25) is 0 Å². The number of nitrogens with zero attached hydrogens (tertiary/aromatic N) is 4. The molecular weight excluding hydrogens is 380 g/mol. The Kier molecular flexibility index (Phi) is 5.54. The molecule has 2 unspecified atom stereocenters. The average Bonchev–Trinajstić information content (AvgIpc) is 3.42. The van der Waals surface area contributed by atoms with Gasteiger partial charge >= 0.3 is 5.97 Å². The Labute approximate surface area is 167 Å². The number of rotatable bonds is 6. The smallest absolute Gasteiger partial charge is 0.309 e. The molecule has 0 spiro atoms. The number of thioether (sulfide) groups is 1. The zero-order valence-electron chi connectivity index (χ0n) is 16.0. The predicted octanol–water partition coefficient (Wildman–Crippen LogP) is 2.56. The van der Waals surface area contributed by atoms with E-state index in [1.54, 1.807) is 6.26 Å². The molecule has 2 aromatic heterocycles. The van der Waals surface area contributed by atoms with Gasteiger partial charge in [0.25, 0.3) is 5.91 Å². The summed E-state index contributed by atoms with van der Waals surface area (Å²) in [5.41, 5.74) is 0. The molecule has 2 aromatic rings. The fourth-order valence-corrected chi connectivity index (χ4v) is 5.10. The van der Waals surface area contributed by atoms with Crippen molar-refractivity contribution in [1.29, 1.82) is 0 Å². The Bertz CT molecular complexity index is 842. The zero-order chi connectivity index (χ0) is 19.7. The lowest BCUT2D eigenvalue weighted by atomic mass is 9.94. The van der Waals surface area contributed by atoms with Gasteiger partial charge in [-0.3, -0.25) is 14.5 Å². The summed E-state index contributed by atoms with van der Waals surface area (Å²) in [5.74, 6) is 1.16. The molecule has 150 valence electrons. The van der Waals surface area contributed by atoms with Crippen LogP contribution in [0, 0.1) is 5.92 Å². The van der Waals surface area contributed by atoms with Gasteiger partial charge in [0.05, 0.1) is 24.8 Å². The molecule has 0 radical (unpaired) electrons. The van der Waals surface area contributed by atoms with Gasteiger partial charge in [-0.2, -0.15) is 4.68 Å². The van der Waals surface area contributed by atoms with Crippen molar-refractivity contribution in [2.45, 2.75) is 49.6 Å². The van der Waals surface area contributed by atoms with Crippen LogP contribution < -0.4 is 0 Å². The van der Waals surface area contributed by atoms with E-state index in [1.165, 1.54) is 16.4 Å². The van der Waals surface area contributed by atoms with Gasteiger partial charge in [-0.1, -0.05) is 18.7 Å². The van der Waals surface area contributed by atoms with Crippen LogP contribution >= 0.6 is 11.8 Å². The maximum atomic E-state index is 13.1. The maximum Gasteiger partial charge on any atom is 0.309 e. The molecule has 1 saturated heterocycles. The molecule has 2 atom stereocenters. The summed E-state index contributed by atoms with van der Waals surface area (Å²) in [7, 11) is 0. The first-order valence-electron chi connectivity index (χ1n) is 9.73. The number of aryl methyl sites for hydroxylation is 1. The van der Waals surface area contributed by atoms with Crippen molar-refractivity contribution in [2.24, 2.45) is 5.92 Å². The highest BCUT2D eigenvalue weighted by molar-refractivity contribution is 8.00. The van der Waals surface area contributed by atoms with E-state index in [0.717, 1.165) is 5.76 Å². The van der Waals surface area contributed by atoms with E-state index in [-0.39, 0.29) is 29.1 Å². The van der Waals surface area contributed by atoms with E-state index >= 15 is 0 Å². The van der Waals surface area contributed by atoms with Gasteiger partial charge in [0, 0.05) is 6.42 Å². The van der Waals surface area contributed by atoms with Crippen molar-refractivity contribution in [3.8, 4) is 0 Å². The molecule has 1 fully saturated rings. The van der Waals surface area contributed by atoms with Crippen molar-refractivity contribution < 1.29 is 18.7 Å². The molecule has 0 amide bonds. The van der Waals surface area contributed by atoms with E-state index in [2.05, 4.69) is 15.0 Å². The molecule has 0 aromatic carbocycles. The normalized spacial score (nSPS) is 21.6. The van der Waals surface area contributed by atoms with Crippen LogP contribution in [0.25, 0.3) is 0 Å². The van der Waals surface area contributed by atoms with Crippen LogP contribution in [0.2, 0.25) is 0 Å². The van der Waals surface area contributed by atoms with Gasteiger partial charge in [-0.25, -0.2) is 4.98 Å². The van der Waals surface area contributed by atoms with Gasteiger partial charge in [-0.15, -0.1) is 5.10 Å². The first-order chi connectivity index (χ1) is 13.6. The molecular formula is C19H24N4O4S. The van der Waals surface area contributed by atoms with Crippen molar-refractivity contribution in [3.63, 3.8) is 0 Å². The highest BCUT2D eigenvalue weighted by Gasteiger charge is 2.45. The number of piperidine rings is 1. The molecule has 2 aliphatic heterocycles. The Morgan fingerprint density at radius 1 is 1.39 bits per heavy atom. The number of esters is 1. The van der Waals surface area contributed by atoms with Crippen LogP contribution in [0.3, 0.4) is 0 Å². The van der Waals surface area contributed by atoms with Crippen LogP contribution in [0.1, 0.15) is 49.1 Å². The third-order valence-corrected chi connectivity index (χ3v) is 6.47. The minimum Gasteiger partial charge on any atom is -0.468 e. The Morgan fingerprint density at radius 2 is 2.18 bits per heavy atom. The molecule has 8 nitrogen and oxygen atoms in total. The number of likely N-dealkylation sites (tertiary alicyclic amines) is 1. The second-order valence-electron chi connectivity index (χ2n) is 6.98. The number of hydrogen-bond donors (Lipinski definition) is 0. The SMILES string of the molecule is CCOC(=O)C1CCN(C(c2ccco2)C2Sc3nc(CC)nn3C2=O)CC1. The van der Waals surface area contributed by atoms with Gasteiger partial charge in [0.15, 0.2) is 11.0 Å². The number of aromatic nitrogens is 3. The molecule has 0 bridgehead atoms. The molecule has 4 heterocycles. The van der Waals surface area contributed by atoms with Crippen molar-refractivity contribution in [2.75, 3.05) is 19.7 Å². The third-order valence-electron chi connectivity index (χ3n) is 5.29. The van der Waals surface area contributed by atoms with E-state index in [1.807, 2.05) is 26.0 Å². The molecule has 28 heavy (non-hydrogen) atoms. The lowest BCUT2D eigenvalue weighted by Gasteiger charge is -2.37. The predicted molar refractivity (Wildman–Crippen MR) is 102 cm³/mol. The van der Waals surface area contributed by atoms with E-state index < -0.39 is 0 Å². The largest absolute Gasteiger partial charge is 0.468 e. The Balaban J connectivity index is 1.53.